The summed E-state index contributed by atoms with van der Waals surface area (Å²) in [5.41, 5.74) is 13.5. The summed E-state index contributed by atoms with van der Waals surface area (Å²) in [5, 5.41) is 2.09. The lowest BCUT2D eigenvalue weighted by atomic mass is 9.89. The summed E-state index contributed by atoms with van der Waals surface area (Å²) in [6.07, 6.45) is 2.17. The van der Waals surface area contributed by atoms with Crippen molar-refractivity contribution < 1.29 is 14.2 Å². The zero-order chi connectivity index (χ0) is 33.4. The van der Waals surface area contributed by atoms with Gasteiger partial charge >= 0.3 is 0 Å². The molecule has 0 radical (unpaired) electrons. The van der Waals surface area contributed by atoms with Gasteiger partial charge in [0.2, 0.25) is 0 Å². The Morgan fingerprint density at radius 1 is 0.354 bits per heavy atom. The van der Waals surface area contributed by atoms with Crippen molar-refractivity contribution in [3.05, 3.63) is 158 Å². The summed E-state index contributed by atoms with van der Waals surface area (Å²) >= 11 is 18.8. The Bertz CT molecular complexity index is 1880. The van der Waals surface area contributed by atoms with E-state index in [2.05, 4.69) is 36.4 Å². The van der Waals surface area contributed by atoms with E-state index in [0.717, 1.165) is 69.9 Å². The minimum Gasteiger partial charge on any atom is -0.496 e. The molecule has 6 heteroatoms. The van der Waals surface area contributed by atoms with E-state index in [9.17, 15) is 0 Å². The van der Waals surface area contributed by atoms with E-state index in [1.807, 2.05) is 72.8 Å². The standard InChI is InChI=1S/C42H33Cl3O3/c1-46-40-22-31-16-29-20-38(26-6-12-35(44)13-7-26)42(48-3)24-33(29)18-30-21-39(27-8-14-36(45)15-9-27)41(47-2)23-32(30)17-28(31)19-37(40)25-4-10-34(43)11-5-25/h4-15,19-24H,16-18H2,1-3H3. The zero-order valence-corrected chi connectivity index (χ0v) is 29.1. The lowest BCUT2D eigenvalue weighted by Gasteiger charge is -2.18. The number of hydrogen-bond donors (Lipinski definition) is 0. The van der Waals surface area contributed by atoms with Crippen molar-refractivity contribution in [3.63, 3.8) is 0 Å². The maximum absolute atomic E-state index is 6.26. The Hall–Kier alpha value is -4.41. The smallest absolute Gasteiger partial charge is 0.126 e. The van der Waals surface area contributed by atoms with E-state index in [1.165, 1.54) is 33.4 Å². The highest BCUT2D eigenvalue weighted by atomic mass is 35.5. The molecule has 240 valence electrons. The van der Waals surface area contributed by atoms with E-state index in [-0.39, 0.29) is 0 Å². The Morgan fingerprint density at radius 3 is 0.812 bits per heavy atom. The Morgan fingerprint density at radius 2 is 0.583 bits per heavy atom. The first-order valence-corrected chi connectivity index (χ1v) is 16.8. The van der Waals surface area contributed by atoms with Crippen molar-refractivity contribution in [2.75, 3.05) is 21.3 Å². The van der Waals surface area contributed by atoms with Gasteiger partial charge < -0.3 is 14.2 Å². The normalized spacial score (nSPS) is 12.1. The van der Waals surface area contributed by atoms with Crippen LogP contribution in [0.5, 0.6) is 17.2 Å². The second-order valence-electron chi connectivity index (χ2n) is 12.0. The van der Waals surface area contributed by atoms with E-state index in [4.69, 9.17) is 49.0 Å². The third-order valence-corrected chi connectivity index (χ3v) is 9.93. The molecule has 6 aromatic rings. The average Bonchev–Trinajstić information content (AvgIpc) is 3.16. The molecule has 0 saturated carbocycles. The fraction of sp³-hybridized carbons (Fsp3) is 0.143. The van der Waals surface area contributed by atoms with Crippen molar-refractivity contribution in [2.24, 2.45) is 0 Å². The zero-order valence-electron chi connectivity index (χ0n) is 26.9. The molecular formula is C42H33Cl3O3. The van der Waals surface area contributed by atoms with Crippen LogP contribution in [0, 0.1) is 0 Å². The SMILES string of the molecule is COc1cc2c(cc1-c1ccc(Cl)cc1)Cc1cc(OC)c(-c3ccc(Cl)cc3)cc1Cc1cc(OC)c(-c3ccc(Cl)cc3)cc1C2. The Balaban J connectivity index is 1.47. The van der Waals surface area contributed by atoms with Gasteiger partial charge in [-0.3, -0.25) is 0 Å². The molecular weight excluding hydrogens is 659 g/mol. The topological polar surface area (TPSA) is 27.7 Å². The largest absolute Gasteiger partial charge is 0.496 e. The molecule has 0 aliphatic heterocycles. The maximum atomic E-state index is 6.26. The minimum absolute atomic E-state index is 0.696. The van der Waals surface area contributed by atoms with Crippen LogP contribution in [-0.4, -0.2) is 21.3 Å². The maximum Gasteiger partial charge on any atom is 0.126 e. The summed E-state index contributed by atoms with van der Waals surface area (Å²) in [4.78, 5) is 0. The predicted octanol–water partition coefficient (Wildman–Crippen LogP) is 11.8. The molecule has 1 aliphatic carbocycles. The van der Waals surface area contributed by atoms with Gasteiger partial charge in [0.1, 0.15) is 17.2 Å². The van der Waals surface area contributed by atoms with Gasteiger partial charge in [-0.15, -0.1) is 0 Å². The van der Waals surface area contributed by atoms with Crippen LogP contribution in [0.4, 0.5) is 0 Å². The number of ether oxygens (including phenoxy) is 3. The molecule has 0 N–H and O–H groups in total. The summed E-state index contributed by atoms with van der Waals surface area (Å²) in [7, 11) is 5.19. The van der Waals surface area contributed by atoms with Crippen LogP contribution in [0.1, 0.15) is 33.4 Å². The molecule has 7 rings (SSSR count). The molecule has 0 fully saturated rings. The van der Waals surface area contributed by atoms with Crippen LogP contribution in [-0.2, 0) is 19.3 Å². The fourth-order valence-corrected chi connectivity index (χ4v) is 7.05. The lowest BCUT2D eigenvalue weighted by Crippen LogP contribution is -2.02. The first-order valence-electron chi connectivity index (χ1n) is 15.7. The molecule has 0 spiro atoms. The highest BCUT2D eigenvalue weighted by Gasteiger charge is 2.22. The molecule has 48 heavy (non-hydrogen) atoms. The monoisotopic (exact) mass is 690 g/mol. The molecule has 3 nitrogen and oxygen atoms in total. The van der Waals surface area contributed by atoms with Crippen LogP contribution in [0.15, 0.2) is 109 Å². The Kier molecular flexibility index (Phi) is 9.11. The van der Waals surface area contributed by atoms with Crippen molar-refractivity contribution in [1.29, 1.82) is 0 Å². The fourth-order valence-electron chi connectivity index (χ4n) is 6.67. The summed E-state index contributed by atoms with van der Waals surface area (Å²) in [6.45, 7) is 0. The molecule has 0 bridgehead atoms. The highest BCUT2D eigenvalue weighted by Crippen LogP contribution is 2.42. The molecule has 0 unspecified atom stereocenters. The van der Waals surface area contributed by atoms with Crippen LogP contribution in [0.3, 0.4) is 0 Å². The van der Waals surface area contributed by atoms with Crippen molar-refractivity contribution in [2.45, 2.75) is 19.3 Å². The van der Waals surface area contributed by atoms with E-state index in [0.29, 0.717) is 15.1 Å². The van der Waals surface area contributed by atoms with E-state index in [1.54, 1.807) is 21.3 Å². The van der Waals surface area contributed by atoms with Gasteiger partial charge in [-0.1, -0.05) is 71.2 Å². The van der Waals surface area contributed by atoms with Gasteiger partial charge in [0.05, 0.1) is 21.3 Å². The van der Waals surface area contributed by atoms with Crippen molar-refractivity contribution >= 4 is 34.8 Å². The Labute approximate surface area is 296 Å². The van der Waals surface area contributed by atoms with Crippen LogP contribution >= 0.6 is 34.8 Å². The molecule has 6 aromatic carbocycles. The first kappa shape index (κ1) is 32.2. The molecule has 0 aromatic heterocycles. The minimum atomic E-state index is 0.696. The van der Waals surface area contributed by atoms with Crippen LogP contribution in [0.25, 0.3) is 33.4 Å². The summed E-state index contributed by atoms with van der Waals surface area (Å²) < 4.78 is 18.0. The number of rotatable bonds is 6. The number of fused-ring (bicyclic) bond motifs is 3. The summed E-state index contributed by atoms with van der Waals surface area (Å²) in [6, 6.07) is 37.1. The number of hydrogen-bond acceptors (Lipinski definition) is 3. The lowest BCUT2D eigenvalue weighted by molar-refractivity contribution is 0.415. The van der Waals surface area contributed by atoms with Crippen molar-refractivity contribution in [1.82, 2.24) is 0 Å². The second-order valence-corrected chi connectivity index (χ2v) is 13.3. The third kappa shape index (κ3) is 6.39. The van der Waals surface area contributed by atoms with Gasteiger partial charge in [-0.25, -0.2) is 0 Å². The van der Waals surface area contributed by atoms with Gasteiger partial charge in [0, 0.05) is 31.8 Å². The number of methoxy groups -OCH3 is 3. The number of benzene rings is 6. The van der Waals surface area contributed by atoms with Gasteiger partial charge in [-0.2, -0.15) is 0 Å². The molecule has 0 heterocycles. The van der Waals surface area contributed by atoms with Crippen LogP contribution < -0.4 is 14.2 Å². The molecule has 0 amide bonds. The van der Waals surface area contributed by atoms with Gasteiger partial charge in [-0.05, 0) is 142 Å². The molecule has 0 saturated heterocycles. The number of halogens is 3. The predicted molar refractivity (Wildman–Crippen MR) is 199 cm³/mol. The highest BCUT2D eigenvalue weighted by molar-refractivity contribution is 6.31. The average molecular weight is 692 g/mol. The quantitative estimate of drug-likeness (QED) is 0.174. The third-order valence-electron chi connectivity index (χ3n) is 9.17. The van der Waals surface area contributed by atoms with Gasteiger partial charge in [0.25, 0.3) is 0 Å². The molecule has 1 aliphatic rings. The van der Waals surface area contributed by atoms with E-state index >= 15 is 0 Å². The first-order chi connectivity index (χ1) is 23.3. The van der Waals surface area contributed by atoms with Gasteiger partial charge in [0.15, 0.2) is 0 Å². The summed E-state index contributed by atoms with van der Waals surface area (Å²) in [5.74, 6) is 2.46. The van der Waals surface area contributed by atoms with Crippen LogP contribution in [0.2, 0.25) is 15.1 Å². The van der Waals surface area contributed by atoms with Crippen molar-refractivity contribution in [3.8, 4) is 50.6 Å². The molecule has 0 atom stereocenters. The second kappa shape index (κ2) is 13.6. The van der Waals surface area contributed by atoms with E-state index < -0.39 is 0 Å².